The van der Waals surface area contributed by atoms with Crippen LogP contribution in [0.15, 0.2) is 36.5 Å². The first-order chi connectivity index (χ1) is 8.56. The predicted molar refractivity (Wildman–Crippen MR) is 68.0 cm³/mol. The van der Waals surface area contributed by atoms with Crippen LogP contribution in [-0.2, 0) is 18.3 Å². The zero-order valence-electron chi connectivity index (χ0n) is 10.1. The lowest BCUT2D eigenvalue weighted by atomic mass is 10.0. The summed E-state index contributed by atoms with van der Waals surface area (Å²) < 4.78 is 1.74. The van der Waals surface area contributed by atoms with Gasteiger partial charge in [0, 0.05) is 18.8 Å². The summed E-state index contributed by atoms with van der Waals surface area (Å²) in [6, 6.07) is 8.68. The molecule has 0 saturated carbocycles. The van der Waals surface area contributed by atoms with E-state index in [2.05, 4.69) is 5.10 Å². The molecule has 5 nitrogen and oxygen atoms in total. The van der Waals surface area contributed by atoms with Gasteiger partial charge in [-0.2, -0.15) is 5.10 Å². The Hall–Kier alpha value is -2.14. The Kier molecular flexibility index (Phi) is 3.43. The molecule has 94 valence electrons. The number of aromatic nitrogens is 2. The molecular formula is C13H15N3O2. The summed E-state index contributed by atoms with van der Waals surface area (Å²) in [6.07, 6.45) is 2.21. The molecule has 0 fully saturated rings. The van der Waals surface area contributed by atoms with Crippen molar-refractivity contribution in [3.05, 3.63) is 42.1 Å². The van der Waals surface area contributed by atoms with Gasteiger partial charge in [-0.25, -0.2) is 0 Å². The van der Waals surface area contributed by atoms with Crippen molar-refractivity contribution in [2.75, 3.05) is 0 Å². The molecule has 0 amide bonds. The molecule has 0 aliphatic carbocycles. The van der Waals surface area contributed by atoms with Gasteiger partial charge in [0.2, 0.25) is 0 Å². The molecule has 0 spiro atoms. The lowest BCUT2D eigenvalue weighted by Gasteiger charge is -2.06. The van der Waals surface area contributed by atoms with Crippen molar-refractivity contribution in [1.82, 2.24) is 9.78 Å². The van der Waals surface area contributed by atoms with Gasteiger partial charge in [0.1, 0.15) is 6.04 Å². The number of nitrogens with zero attached hydrogens (tertiary/aromatic N) is 2. The average molecular weight is 245 g/mol. The largest absolute Gasteiger partial charge is 0.480 e. The molecule has 1 heterocycles. The molecule has 0 bridgehead atoms. The number of hydrogen-bond donors (Lipinski definition) is 2. The molecule has 0 aliphatic heterocycles. The summed E-state index contributed by atoms with van der Waals surface area (Å²) >= 11 is 0. The van der Waals surface area contributed by atoms with Crippen molar-refractivity contribution in [1.29, 1.82) is 0 Å². The molecule has 1 unspecified atom stereocenters. The van der Waals surface area contributed by atoms with Gasteiger partial charge in [-0.15, -0.1) is 0 Å². The van der Waals surface area contributed by atoms with Crippen LogP contribution in [0.25, 0.3) is 11.3 Å². The summed E-state index contributed by atoms with van der Waals surface area (Å²) in [7, 11) is 1.86. The van der Waals surface area contributed by atoms with Gasteiger partial charge in [0.05, 0.1) is 5.69 Å². The van der Waals surface area contributed by atoms with Crippen LogP contribution < -0.4 is 5.73 Å². The van der Waals surface area contributed by atoms with Crippen LogP contribution in [0.4, 0.5) is 0 Å². The van der Waals surface area contributed by atoms with Crippen LogP contribution in [0.3, 0.4) is 0 Å². The third kappa shape index (κ3) is 2.75. The van der Waals surface area contributed by atoms with Crippen molar-refractivity contribution >= 4 is 5.97 Å². The van der Waals surface area contributed by atoms with Gasteiger partial charge in [-0.1, -0.05) is 24.3 Å². The Morgan fingerprint density at radius 1 is 1.39 bits per heavy atom. The highest BCUT2D eigenvalue weighted by atomic mass is 16.4. The SMILES string of the molecule is Cn1ccc(-c2ccc(CC(N)C(=O)O)cc2)n1. The van der Waals surface area contributed by atoms with Crippen molar-refractivity contribution in [2.24, 2.45) is 12.8 Å². The standard InChI is InChI=1S/C13H15N3O2/c1-16-7-6-12(15-16)10-4-2-9(3-5-10)8-11(14)13(17)18/h2-7,11H,8,14H2,1H3,(H,17,18). The summed E-state index contributed by atoms with van der Waals surface area (Å²) in [5.41, 5.74) is 8.29. The van der Waals surface area contributed by atoms with Crippen molar-refractivity contribution < 1.29 is 9.90 Å². The minimum atomic E-state index is -0.983. The molecule has 1 atom stereocenters. The molecule has 18 heavy (non-hydrogen) atoms. The highest BCUT2D eigenvalue weighted by molar-refractivity contribution is 5.73. The summed E-state index contributed by atoms with van der Waals surface area (Å²) in [5.74, 6) is -0.983. The molecule has 2 aromatic rings. The summed E-state index contributed by atoms with van der Waals surface area (Å²) in [4.78, 5) is 10.7. The maximum atomic E-state index is 10.7. The number of rotatable bonds is 4. The maximum absolute atomic E-state index is 10.7. The monoisotopic (exact) mass is 245 g/mol. The number of aryl methyl sites for hydroxylation is 1. The summed E-state index contributed by atoms with van der Waals surface area (Å²) in [5, 5.41) is 13.0. The maximum Gasteiger partial charge on any atom is 0.320 e. The number of carboxylic acid groups (broad SMARTS) is 1. The molecule has 0 aliphatic rings. The van der Waals surface area contributed by atoms with Crippen molar-refractivity contribution in [2.45, 2.75) is 12.5 Å². The van der Waals surface area contributed by atoms with Crippen LogP contribution in [0.2, 0.25) is 0 Å². The van der Waals surface area contributed by atoms with Gasteiger partial charge in [0.25, 0.3) is 0 Å². The van der Waals surface area contributed by atoms with Crippen LogP contribution in [0.1, 0.15) is 5.56 Å². The molecule has 2 rings (SSSR count). The summed E-state index contributed by atoms with van der Waals surface area (Å²) in [6.45, 7) is 0. The minimum absolute atomic E-state index is 0.331. The van der Waals surface area contributed by atoms with E-state index in [0.29, 0.717) is 6.42 Å². The van der Waals surface area contributed by atoms with Gasteiger partial charge in [0.15, 0.2) is 0 Å². The second kappa shape index (κ2) is 5.01. The molecule has 0 saturated heterocycles. The van der Waals surface area contributed by atoms with E-state index in [-0.39, 0.29) is 0 Å². The number of benzene rings is 1. The number of aliphatic carboxylic acids is 1. The quantitative estimate of drug-likeness (QED) is 0.843. The van der Waals surface area contributed by atoms with E-state index >= 15 is 0 Å². The highest BCUT2D eigenvalue weighted by Crippen LogP contribution is 2.17. The van der Waals surface area contributed by atoms with Crippen LogP contribution in [-0.4, -0.2) is 26.9 Å². The Labute approximate surface area is 105 Å². The normalized spacial score (nSPS) is 12.3. The smallest absolute Gasteiger partial charge is 0.320 e. The van der Waals surface area contributed by atoms with Gasteiger partial charge >= 0.3 is 5.97 Å². The van der Waals surface area contributed by atoms with Crippen LogP contribution in [0.5, 0.6) is 0 Å². The number of nitrogens with two attached hydrogens (primary N) is 1. The van der Waals surface area contributed by atoms with E-state index in [1.807, 2.05) is 43.6 Å². The van der Waals surface area contributed by atoms with Crippen LogP contribution in [0, 0.1) is 0 Å². The van der Waals surface area contributed by atoms with E-state index in [1.165, 1.54) is 0 Å². The first-order valence-electron chi connectivity index (χ1n) is 5.63. The first-order valence-corrected chi connectivity index (χ1v) is 5.63. The third-order valence-corrected chi connectivity index (χ3v) is 2.74. The number of carbonyl (C=O) groups is 1. The molecular weight excluding hydrogens is 230 g/mol. The van der Waals surface area contributed by atoms with Crippen molar-refractivity contribution in [3.8, 4) is 11.3 Å². The fourth-order valence-electron chi connectivity index (χ4n) is 1.72. The Morgan fingerprint density at radius 2 is 2.06 bits per heavy atom. The third-order valence-electron chi connectivity index (χ3n) is 2.74. The Bertz CT molecular complexity index is 546. The topological polar surface area (TPSA) is 81.1 Å². The van der Waals surface area contributed by atoms with E-state index in [0.717, 1.165) is 16.8 Å². The zero-order chi connectivity index (χ0) is 13.1. The first kappa shape index (κ1) is 12.3. The number of hydrogen-bond acceptors (Lipinski definition) is 3. The van der Waals surface area contributed by atoms with E-state index in [4.69, 9.17) is 10.8 Å². The Morgan fingerprint density at radius 3 is 2.56 bits per heavy atom. The van der Waals surface area contributed by atoms with Gasteiger partial charge in [-0.05, 0) is 18.1 Å². The fourth-order valence-corrected chi connectivity index (χ4v) is 1.72. The second-order valence-electron chi connectivity index (χ2n) is 4.22. The molecule has 5 heteroatoms. The molecule has 0 radical (unpaired) electrons. The molecule has 1 aromatic heterocycles. The van der Waals surface area contributed by atoms with Crippen LogP contribution >= 0.6 is 0 Å². The zero-order valence-corrected chi connectivity index (χ0v) is 10.1. The second-order valence-corrected chi connectivity index (χ2v) is 4.22. The van der Waals surface area contributed by atoms with Gasteiger partial charge < -0.3 is 10.8 Å². The Balaban J connectivity index is 2.13. The fraction of sp³-hybridized carbons (Fsp3) is 0.231. The van der Waals surface area contributed by atoms with E-state index in [1.54, 1.807) is 4.68 Å². The lowest BCUT2D eigenvalue weighted by molar-refractivity contribution is -0.138. The van der Waals surface area contributed by atoms with E-state index < -0.39 is 12.0 Å². The highest BCUT2D eigenvalue weighted by Gasteiger charge is 2.12. The van der Waals surface area contributed by atoms with Gasteiger partial charge in [-0.3, -0.25) is 9.48 Å². The number of carboxylic acids is 1. The predicted octanol–water partition coefficient (Wildman–Crippen LogP) is 1.04. The molecule has 1 aromatic carbocycles. The van der Waals surface area contributed by atoms with E-state index in [9.17, 15) is 4.79 Å². The minimum Gasteiger partial charge on any atom is -0.480 e. The van der Waals surface area contributed by atoms with Crippen molar-refractivity contribution in [3.63, 3.8) is 0 Å². The lowest BCUT2D eigenvalue weighted by Crippen LogP contribution is -2.32. The molecule has 3 N–H and O–H groups in total. The average Bonchev–Trinajstić information content (AvgIpc) is 2.76.